The monoisotopic (exact) mass is 324 g/mol. The van der Waals surface area contributed by atoms with E-state index in [1.165, 1.54) is 11.3 Å². The van der Waals surface area contributed by atoms with E-state index >= 15 is 0 Å². The molecule has 1 N–H and O–H groups in total. The molecular formula is C14H16N2O3S2. The first-order chi connectivity index (χ1) is 10.2. The van der Waals surface area contributed by atoms with Crippen LogP contribution in [0.15, 0.2) is 22.2 Å². The fourth-order valence-corrected chi connectivity index (χ4v) is 3.87. The van der Waals surface area contributed by atoms with Gasteiger partial charge >= 0.3 is 0 Å². The molecule has 1 aliphatic heterocycles. The van der Waals surface area contributed by atoms with Crippen LogP contribution < -0.4 is 0 Å². The van der Waals surface area contributed by atoms with Crippen molar-refractivity contribution < 1.29 is 14.6 Å². The summed E-state index contributed by atoms with van der Waals surface area (Å²) >= 11 is 3.09. The number of thiophene rings is 1. The van der Waals surface area contributed by atoms with Crippen molar-refractivity contribution in [1.82, 2.24) is 9.88 Å². The first-order valence-electron chi connectivity index (χ1n) is 6.71. The van der Waals surface area contributed by atoms with Gasteiger partial charge in [0.05, 0.1) is 18.8 Å². The minimum Gasteiger partial charge on any atom is -0.394 e. The molecule has 0 aliphatic carbocycles. The summed E-state index contributed by atoms with van der Waals surface area (Å²) in [5.74, 6) is -0.0960. The molecule has 21 heavy (non-hydrogen) atoms. The van der Waals surface area contributed by atoms with Gasteiger partial charge in [0.15, 0.2) is 0 Å². The number of ether oxygens (including phenoxy) is 1. The van der Waals surface area contributed by atoms with Gasteiger partial charge in [0.2, 0.25) is 0 Å². The maximum Gasteiger partial charge on any atom is 0.273 e. The first kappa shape index (κ1) is 14.6. The molecule has 1 saturated heterocycles. The van der Waals surface area contributed by atoms with E-state index in [1.807, 2.05) is 23.8 Å². The summed E-state index contributed by atoms with van der Waals surface area (Å²) in [5, 5.41) is 15.9. The smallest absolute Gasteiger partial charge is 0.273 e. The highest BCUT2D eigenvalue weighted by Crippen LogP contribution is 2.26. The van der Waals surface area contributed by atoms with Crippen LogP contribution in [-0.4, -0.2) is 52.8 Å². The summed E-state index contributed by atoms with van der Waals surface area (Å²) in [6, 6.07) is 2.00. The van der Waals surface area contributed by atoms with Gasteiger partial charge in [-0.3, -0.25) is 4.79 Å². The third kappa shape index (κ3) is 3.16. The SMILES string of the molecule is CC1CN(C(=O)c2csc(-c3ccsc3)n2)CC(CO)O1. The second-order valence-corrected chi connectivity index (χ2v) is 6.65. The highest BCUT2D eigenvalue weighted by atomic mass is 32.1. The van der Waals surface area contributed by atoms with Gasteiger partial charge in [-0.2, -0.15) is 11.3 Å². The standard InChI is InChI=1S/C14H16N2O3S2/c1-9-4-16(5-11(6-17)19-9)14(18)12-8-21-13(15-12)10-2-3-20-7-10/h2-3,7-9,11,17H,4-6H2,1H3. The number of morpholine rings is 1. The molecule has 0 bridgehead atoms. The van der Waals surface area contributed by atoms with Gasteiger partial charge in [0.1, 0.15) is 10.7 Å². The predicted octanol–water partition coefficient (Wildman–Crippen LogP) is 2.09. The second-order valence-electron chi connectivity index (χ2n) is 5.01. The van der Waals surface area contributed by atoms with Gasteiger partial charge in [-0.15, -0.1) is 11.3 Å². The molecule has 1 aliphatic rings. The maximum atomic E-state index is 12.5. The molecule has 2 aromatic rings. The molecule has 2 unspecified atom stereocenters. The van der Waals surface area contributed by atoms with Crippen LogP contribution in [0, 0.1) is 0 Å². The molecule has 1 amide bonds. The Morgan fingerprint density at radius 2 is 2.38 bits per heavy atom. The van der Waals surface area contributed by atoms with E-state index in [4.69, 9.17) is 4.74 Å². The van der Waals surface area contributed by atoms with Crippen molar-refractivity contribution in [3.05, 3.63) is 27.9 Å². The molecule has 0 saturated carbocycles. The van der Waals surface area contributed by atoms with Gasteiger partial charge in [-0.1, -0.05) is 0 Å². The maximum absolute atomic E-state index is 12.5. The summed E-state index contributed by atoms with van der Waals surface area (Å²) in [6.07, 6.45) is -0.387. The van der Waals surface area contributed by atoms with Crippen molar-refractivity contribution in [2.45, 2.75) is 19.1 Å². The molecule has 0 radical (unpaired) electrons. The molecule has 2 aromatic heterocycles. The van der Waals surface area contributed by atoms with E-state index in [2.05, 4.69) is 4.98 Å². The number of thiazole rings is 1. The minimum absolute atomic E-state index is 0.0742. The van der Waals surface area contributed by atoms with Crippen LogP contribution in [0.1, 0.15) is 17.4 Å². The number of amides is 1. The largest absolute Gasteiger partial charge is 0.394 e. The normalized spacial score (nSPS) is 22.5. The zero-order valence-corrected chi connectivity index (χ0v) is 13.2. The second kappa shape index (κ2) is 6.23. The first-order valence-corrected chi connectivity index (χ1v) is 8.53. The fraction of sp³-hybridized carbons (Fsp3) is 0.429. The Bertz CT molecular complexity index is 612. The van der Waals surface area contributed by atoms with E-state index in [0.717, 1.165) is 10.6 Å². The lowest BCUT2D eigenvalue weighted by Gasteiger charge is -2.35. The summed E-state index contributed by atoms with van der Waals surface area (Å²) in [5.41, 5.74) is 1.51. The molecule has 0 spiro atoms. The van der Waals surface area contributed by atoms with Gasteiger partial charge < -0.3 is 14.7 Å². The Morgan fingerprint density at radius 1 is 1.52 bits per heavy atom. The molecule has 5 nitrogen and oxygen atoms in total. The van der Waals surface area contributed by atoms with Crippen LogP contribution >= 0.6 is 22.7 Å². The molecule has 3 rings (SSSR count). The number of aliphatic hydroxyl groups excluding tert-OH is 1. The summed E-state index contributed by atoms with van der Waals surface area (Å²) < 4.78 is 5.56. The van der Waals surface area contributed by atoms with E-state index in [1.54, 1.807) is 21.6 Å². The average Bonchev–Trinajstić information content (AvgIpc) is 3.16. The lowest BCUT2D eigenvalue weighted by molar-refractivity contribution is -0.0859. The number of aromatic nitrogens is 1. The van der Waals surface area contributed by atoms with E-state index in [0.29, 0.717) is 18.8 Å². The van der Waals surface area contributed by atoms with Crippen molar-refractivity contribution >= 4 is 28.6 Å². The zero-order chi connectivity index (χ0) is 14.8. The quantitative estimate of drug-likeness (QED) is 0.939. The lowest BCUT2D eigenvalue weighted by atomic mass is 10.2. The average molecular weight is 324 g/mol. The molecule has 3 heterocycles. The number of rotatable bonds is 3. The van der Waals surface area contributed by atoms with Crippen molar-refractivity contribution in [3.8, 4) is 10.6 Å². The van der Waals surface area contributed by atoms with Crippen LogP contribution in [0.2, 0.25) is 0 Å². The van der Waals surface area contributed by atoms with Crippen LogP contribution in [-0.2, 0) is 4.74 Å². The Labute approximate surface area is 130 Å². The van der Waals surface area contributed by atoms with Crippen LogP contribution in [0.3, 0.4) is 0 Å². The van der Waals surface area contributed by atoms with Gasteiger partial charge in [-0.25, -0.2) is 4.98 Å². The van der Waals surface area contributed by atoms with Crippen molar-refractivity contribution in [2.24, 2.45) is 0 Å². The molecule has 0 aromatic carbocycles. The summed E-state index contributed by atoms with van der Waals surface area (Å²) in [7, 11) is 0. The van der Waals surface area contributed by atoms with Crippen LogP contribution in [0.5, 0.6) is 0 Å². The van der Waals surface area contributed by atoms with Crippen molar-refractivity contribution in [1.29, 1.82) is 0 Å². The summed E-state index contributed by atoms with van der Waals surface area (Å²) in [4.78, 5) is 18.7. The number of hydrogen-bond donors (Lipinski definition) is 1. The molecule has 1 fully saturated rings. The number of nitrogens with zero attached hydrogens (tertiary/aromatic N) is 2. The van der Waals surface area contributed by atoms with Gasteiger partial charge in [0.25, 0.3) is 5.91 Å². The van der Waals surface area contributed by atoms with Crippen molar-refractivity contribution in [2.75, 3.05) is 19.7 Å². The fourth-order valence-electron chi connectivity index (χ4n) is 2.36. The third-order valence-corrected chi connectivity index (χ3v) is 4.88. The van der Waals surface area contributed by atoms with Gasteiger partial charge in [-0.05, 0) is 18.4 Å². The Balaban J connectivity index is 1.76. The molecule has 2 atom stereocenters. The highest BCUT2D eigenvalue weighted by Gasteiger charge is 2.29. The highest BCUT2D eigenvalue weighted by molar-refractivity contribution is 7.14. The van der Waals surface area contributed by atoms with E-state index < -0.39 is 0 Å². The van der Waals surface area contributed by atoms with Gasteiger partial charge in [0, 0.05) is 29.4 Å². The number of carbonyl (C=O) groups is 1. The molecule has 7 heteroatoms. The Kier molecular flexibility index (Phi) is 4.34. The Hall–Kier alpha value is -1.28. The number of hydrogen-bond acceptors (Lipinski definition) is 6. The van der Waals surface area contributed by atoms with E-state index in [-0.39, 0.29) is 24.7 Å². The van der Waals surface area contributed by atoms with Crippen LogP contribution in [0.4, 0.5) is 0 Å². The molecule has 112 valence electrons. The lowest BCUT2D eigenvalue weighted by Crippen LogP contribution is -2.50. The predicted molar refractivity (Wildman–Crippen MR) is 82.8 cm³/mol. The third-order valence-electron chi connectivity index (χ3n) is 3.31. The number of aliphatic hydroxyl groups is 1. The minimum atomic E-state index is -0.312. The molecular weight excluding hydrogens is 308 g/mol. The van der Waals surface area contributed by atoms with Crippen LogP contribution in [0.25, 0.3) is 10.6 Å². The van der Waals surface area contributed by atoms with E-state index in [9.17, 15) is 9.90 Å². The van der Waals surface area contributed by atoms with Crippen molar-refractivity contribution in [3.63, 3.8) is 0 Å². The Morgan fingerprint density at radius 3 is 3.10 bits per heavy atom. The topological polar surface area (TPSA) is 62.7 Å². The zero-order valence-electron chi connectivity index (χ0n) is 11.6. The summed E-state index contributed by atoms with van der Waals surface area (Å²) in [6.45, 7) is 2.76. The number of carbonyl (C=O) groups excluding carboxylic acids is 1.